The van der Waals surface area contributed by atoms with Crippen LogP contribution in [0.1, 0.15) is 10.4 Å². The van der Waals surface area contributed by atoms with Crippen LogP contribution in [0.25, 0.3) is 16.6 Å². The Bertz CT molecular complexity index is 1020. The molecular formula is C15H13N3O4. The van der Waals surface area contributed by atoms with E-state index in [0.29, 0.717) is 16.6 Å². The van der Waals surface area contributed by atoms with Gasteiger partial charge in [0.1, 0.15) is 0 Å². The summed E-state index contributed by atoms with van der Waals surface area (Å²) in [7, 11) is 3.01. The number of carboxylic acid groups (broad SMARTS) is 1. The molecule has 3 aromatic rings. The highest BCUT2D eigenvalue weighted by atomic mass is 16.4. The minimum atomic E-state index is -1.03. The van der Waals surface area contributed by atoms with Gasteiger partial charge in [-0.15, -0.1) is 0 Å². The predicted octanol–water partition coefficient (Wildman–Crippen LogP) is 0.726. The minimum Gasteiger partial charge on any atom is -0.478 e. The van der Waals surface area contributed by atoms with Gasteiger partial charge in [-0.3, -0.25) is 13.9 Å². The van der Waals surface area contributed by atoms with Crippen LogP contribution in [-0.2, 0) is 14.1 Å². The molecule has 0 saturated heterocycles. The Kier molecular flexibility index (Phi) is 2.98. The van der Waals surface area contributed by atoms with E-state index in [1.807, 2.05) is 0 Å². The first kappa shape index (κ1) is 13.9. The molecule has 0 radical (unpaired) electrons. The number of hydrogen-bond acceptors (Lipinski definition) is 3. The first-order chi connectivity index (χ1) is 10.4. The highest BCUT2D eigenvalue weighted by molar-refractivity contribution is 5.88. The molecule has 0 unspecified atom stereocenters. The maximum Gasteiger partial charge on any atom is 0.335 e. The van der Waals surface area contributed by atoms with Crippen LogP contribution in [0.2, 0.25) is 0 Å². The van der Waals surface area contributed by atoms with E-state index >= 15 is 0 Å². The standard InChI is InChI=1S/C15H13N3O4/c1-16-12-8-18(7-11(12)13(19)17(2)15(16)22)10-5-3-4-9(6-10)14(20)21/h3-8H,1-2H3,(H,20,21). The average molecular weight is 299 g/mol. The molecule has 0 aliphatic carbocycles. The van der Waals surface area contributed by atoms with Crippen molar-refractivity contribution in [1.82, 2.24) is 13.7 Å². The smallest absolute Gasteiger partial charge is 0.335 e. The molecule has 7 heteroatoms. The van der Waals surface area contributed by atoms with Crippen LogP contribution < -0.4 is 11.2 Å². The van der Waals surface area contributed by atoms with E-state index in [1.54, 1.807) is 36.1 Å². The molecule has 0 aliphatic rings. The first-order valence-corrected chi connectivity index (χ1v) is 6.51. The third-order valence-electron chi connectivity index (χ3n) is 3.67. The van der Waals surface area contributed by atoms with Gasteiger partial charge in [-0.05, 0) is 18.2 Å². The van der Waals surface area contributed by atoms with Gasteiger partial charge in [-0.25, -0.2) is 9.59 Å². The van der Waals surface area contributed by atoms with Crippen LogP contribution in [0.3, 0.4) is 0 Å². The van der Waals surface area contributed by atoms with Gasteiger partial charge >= 0.3 is 11.7 Å². The molecule has 0 saturated carbocycles. The van der Waals surface area contributed by atoms with Crippen LogP contribution in [0, 0.1) is 0 Å². The van der Waals surface area contributed by atoms with Crippen molar-refractivity contribution in [1.29, 1.82) is 0 Å². The molecule has 2 aromatic heterocycles. The molecule has 0 amide bonds. The third kappa shape index (κ3) is 1.95. The molecule has 0 atom stereocenters. The summed E-state index contributed by atoms with van der Waals surface area (Å²) in [4.78, 5) is 35.1. The monoisotopic (exact) mass is 299 g/mol. The number of carbonyl (C=O) groups is 1. The molecule has 7 nitrogen and oxygen atoms in total. The first-order valence-electron chi connectivity index (χ1n) is 6.51. The third-order valence-corrected chi connectivity index (χ3v) is 3.67. The van der Waals surface area contributed by atoms with E-state index < -0.39 is 11.7 Å². The molecular weight excluding hydrogens is 286 g/mol. The van der Waals surface area contributed by atoms with Crippen LogP contribution >= 0.6 is 0 Å². The van der Waals surface area contributed by atoms with Gasteiger partial charge in [0, 0.05) is 32.2 Å². The van der Waals surface area contributed by atoms with Crippen LogP contribution in [0.15, 0.2) is 46.2 Å². The van der Waals surface area contributed by atoms with E-state index in [2.05, 4.69) is 0 Å². The van der Waals surface area contributed by atoms with Gasteiger partial charge in [0.05, 0.1) is 16.5 Å². The van der Waals surface area contributed by atoms with Crippen molar-refractivity contribution in [3.63, 3.8) is 0 Å². The molecule has 0 aliphatic heterocycles. The van der Waals surface area contributed by atoms with Gasteiger partial charge in [0.25, 0.3) is 5.56 Å². The number of rotatable bonds is 2. The number of aromatic carboxylic acids is 1. The van der Waals surface area contributed by atoms with Crippen molar-refractivity contribution in [2.75, 3.05) is 0 Å². The lowest BCUT2D eigenvalue weighted by molar-refractivity contribution is 0.0697. The van der Waals surface area contributed by atoms with Crippen LogP contribution in [-0.4, -0.2) is 24.8 Å². The maximum absolute atomic E-state index is 12.2. The van der Waals surface area contributed by atoms with E-state index in [-0.39, 0.29) is 11.1 Å². The van der Waals surface area contributed by atoms with Gasteiger partial charge in [0.2, 0.25) is 0 Å². The lowest BCUT2D eigenvalue weighted by Crippen LogP contribution is -2.36. The minimum absolute atomic E-state index is 0.150. The van der Waals surface area contributed by atoms with Gasteiger partial charge in [-0.1, -0.05) is 6.07 Å². The molecule has 0 fully saturated rings. The fourth-order valence-corrected chi connectivity index (χ4v) is 2.42. The fourth-order valence-electron chi connectivity index (χ4n) is 2.42. The molecule has 0 spiro atoms. The van der Waals surface area contributed by atoms with Crippen LogP contribution in [0.5, 0.6) is 0 Å². The molecule has 3 rings (SSSR count). The average Bonchev–Trinajstić information content (AvgIpc) is 2.96. The molecule has 2 heterocycles. The number of aryl methyl sites for hydroxylation is 1. The number of aromatic nitrogens is 3. The summed E-state index contributed by atoms with van der Waals surface area (Å²) in [5.41, 5.74) is 0.456. The van der Waals surface area contributed by atoms with Crippen molar-refractivity contribution >= 4 is 16.9 Å². The van der Waals surface area contributed by atoms with Crippen molar-refractivity contribution in [3.8, 4) is 5.69 Å². The van der Waals surface area contributed by atoms with Gasteiger partial charge in [0.15, 0.2) is 0 Å². The number of nitrogens with zero attached hydrogens (tertiary/aromatic N) is 3. The van der Waals surface area contributed by atoms with Crippen LogP contribution in [0.4, 0.5) is 0 Å². The van der Waals surface area contributed by atoms with E-state index in [1.165, 1.54) is 23.7 Å². The molecule has 0 bridgehead atoms. The zero-order valence-corrected chi connectivity index (χ0v) is 12.0. The van der Waals surface area contributed by atoms with Crippen molar-refractivity contribution in [3.05, 3.63) is 63.1 Å². The van der Waals surface area contributed by atoms with Crippen molar-refractivity contribution in [2.45, 2.75) is 0 Å². The lowest BCUT2D eigenvalue weighted by Gasteiger charge is -2.03. The zero-order valence-electron chi connectivity index (χ0n) is 12.0. The summed E-state index contributed by atoms with van der Waals surface area (Å²) in [5.74, 6) is -1.03. The second-order valence-corrected chi connectivity index (χ2v) is 5.03. The van der Waals surface area contributed by atoms with E-state index in [0.717, 1.165) is 4.57 Å². The quantitative estimate of drug-likeness (QED) is 0.755. The Hall–Kier alpha value is -3.09. The molecule has 112 valence electrons. The summed E-state index contributed by atoms with van der Waals surface area (Å²) < 4.78 is 4.06. The van der Waals surface area contributed by atoms with E-state index in [9.17, 15) is 14.4 Å². The number of fused-ring (bicyclic) bond motifs is 1. The second-order valence-electron chi connectivity index (χ2n) is 5.03. The molecule has 1 aromatic carbocycles. The molecule has 22 heavy (non-hydrogen) atoms. The number of carboxylic acids is 1. The normalized spacial score (nSPS) is 11.0. The topological polar surface area (TPSA) is 86.2 Å². The van der Waals surface area contributed by atoms with Gasteiger partial charge in [-0.2, -0.15) is 0 Å². The van der Waals surface area contributed by atoms with Gasteiger partial charge < -0.3 is 9.67 Å². The SMILES string of the molecule is Cn1c(=O)c2cn(-c3cccc(C(=O)O)c3)cc2n(C)c1=O. The largest absolute Gasteiger partial charge is 0.478 e. The fraction of sp³-hybridized carbons (Fsp3) is 0.133. The lowest BCUT2D eigenvalue weighted by atomic mass is 10.2. The Morgan fingerprint density at radius 2 is 1.82 bits per heavy atom. The van der Waals surface area contributed by atoms with Crippen molar-refractivity contribution < 1.29 is 9.90 Å². The summed E-state index contributed by atoms with van der Waals surface area (Å²) in [6, 6.07) is 6.35. The summed E-state index contributed by atoms with van der Waals surface area (Å²) in [6.07, 6.45) is 3.23. The Morgan fingerprint density at radius 3 is 2.50 bits per heavy atom. The Balaban J connectivity index is 2.30. The summed E-state index contributed by atoms with van der Waals surface area (Å²) in [5, 5.41) is 9.44. The number of benzene rings is 1. The van der Waals surface area contributed by atoms with Crippen molar-refractivity contribution in [2.24, 2.45) is 14.1 Å². The summed E-state index contributed by atoms with van der Waals surface area (Å²) >= 11 is 0. The Labute approximate surface area is 124 Å². The zero-order chi connectivity index (χ0) is 16.0. The predicted molar refractivity (Wildman–Crippen MR) is 80.7 cm³/mol. The number of hydrogen-bond donors (Lipinski definition) is 1. The molecule has 1 N–H and O–H groups in total. The maximum atomic E-state index is 12.2. The highest BCUT2D eigenvalue weighted by Crippen LogP contribution is 2.16. The van der Waals surface area contributed by atoms with E-state index in [4.69, 9.17) is 5.11 Å². The highest BCUT2D eigenvalue weighted by Gasteiger charge is 2.12. The summed E-state index contributed by atoms with van der Waals surface area (Å²) in [6.45, 7) is 0. The second kappa shape index (κ2) is 4.73. The Morgan fingerprint density at radius 1 is 1.09 bits per heavy atom.